The van der Waals surface area contributed by atoms with Crippen molar-refractivity contribution in [2.75, 3.05) is 26.6 Å². The third kappa shape index (κ3) is 7.28. The number of ether oxygens (including phenoxy) is 3. The SMILES string of the molecule is COc1ccc(CC(=O)NC(/N=C(\NC#N)Nc2cccnc2OC)C(C)(C)C)cc1OC. The number of hydrogen-bond acceptors (Lipinski definition) is 7. The molecule has 10 heteroatoms. The fourth-order valence-electron chi connectivity index (χ4n) is 2.88. The van der Waals surface area contributed by atoms with Crippen LogP contribution in [0.3, 0.4) is 0 Å². The zero-order valence-electron chi connectivity index (χ0n) is 19.7. The van der Waals surface area contributed by atoms with Gasteiger partial charge in [-0.1, -0.05) is 26.8 Å². The van der Waals surface area contributed by atoms with E-state index in [1.54, 1.807) is 50.7 Å². The summed E-state index contributed by atoms with van der Waals surface area (Å²) in [5.74, 6) is 1.39. The normalized spacial score (nSPS) is 12.2. The van der Waals surface area contributed by atoms with E-state index in [4.69, 9.17) is 14.2 Å². The van der Waals surface area contributed by atoms with Crippen molar-refractivity contribution >= 4 is 17.6 Å². The van der Waals surface area contributed by atoms with Crippen LogP contribution in [0.25, 0.3) is 0 Å². The number of hydrogen-bond donors (Lipinski definition) is 3. The van der Waals surface area contributed by atoms with E-state index < -0.39 is 11.6 Å². The Hall–Kier alpha value is -4.00. The summed E-state index contributed by atoms with van der Waals surface area (Å²) in [6.45, 7) is 5.81. The van der Waals surface area contributed by atoms with Gasteiger partial charge in [0.1, 0.15) is 11.9 Å². The van der Waals surface area contributed by atoms with Crippen LogP contribution in [0.15, 0.2) is 41.5 Å². The number of aromatic nitrogens is 1. The van der Waals surface area contributed by atoms with Gasteiger partial charge in [-0.05, 0) is 29.8 Å². The van der Waals surface area contributed by atoms with Crippen molar-refractivity contribution in [3.8, 4) is 23.6 Å². The van der Waals surface area contributed by atoms with Crippen molar-refractivity contribution in [1.29, 1.82) is 5.26 Å². The molecular weight excluding hydrogens is 424 g/mol. The Bertz CT molecular complexity index is 1030. The first kappa shape index (κ1) is 25.3. The molecule has 1 atom stereocenters. The lowest BCUT2D eigenvalue weighted by molar-refractivity contribution is -0.121. The van der Waals surface area contributed by atoms with Crippen LogP contribution in [-0.2, 0) is 11.2 Å². The molecule has 0 spiro atoms. The number of nitrogens with zero attached hydrogens (tertiary/aromatic N) is 3. The van der Waals surface area contributed by atoms with E-state index in [1.807, 2.05) is 27.0 Å². The lowest BCUT2D eigenvalue weighted by atomic mass is 9.92. The molecule has 1 aromatic heterocycles. The highest BCUT2D eigenvalue weighted by Gasteiger charge is 2.27. The average molecular weight is 455 g/mol. The van der Waals surface area contributed by atoms with Crippen LogP contribution in [0.4, 0.5) is 5.69 Å². The van der Waals surface area contributed by atoms with Gasteiger partial charge in [-0.3, -0.25) is 10.1 Å². The first-order valence-electron chi connectivity index (χ1n) is 10.2. The lowest BCUT2D eigenvalue weighted by Crippen LogP contribution is -2.45. The number of nitriles is 1. The largest absolute Gasteiger partial charge is 0.493 e. The molecule has 1 heterocycles. The maximum absolute atomic E-state index is 12.8. The van der Waals surface area contributed by atoms with Crippen LogP contribution in [0.5, 0.6) is 17.4 Å². The fourth-order valence-corrected chi connectivity index (χ4v) is 2.88. The van der Waals surface area contributed by atoms with Gasteiger partial charge in [0.05, 0.1) is 27.8 Å². The van der Waals surface area contributed by atoms with E-state index in [-0.39, 0.29) is 18.3 Å². The van der Waals surface area contributed by atoms with Crippen molar-refractivity contribution in [3.63, 3.8) is 0 Å². The Morgan fingerprint density at radius 3 is 2.48 bits per heavy atom. The molecule has 0 bridgehead atoms. The molecule has 0 aliphatic rings. The number of aliphatic imine (C=N–C) groups is 1. The van der Waals surface area contributed by atoms with Crippen LogP contribution >= 0.6 is 0 Å². The minimum absolute atomic E-state index is 0.118. The van der Waals surface area contributed by atoms with Crippen molar-refractivity contribution < 1.29 is 19.0 Å². The Kier molecular flexibility index (Phi) is 8.86. The van der Waals surface area contributed by atoms with Crippen molar-refractivity contribution in [2.45, 2.75) is 33.4 Å². The van der Waals surface area contributed by atoms with E-state index in [1.165, 1.54) is 7.11 Å². The number of benzene rings is 1. The highest BCUT2D eigenvalue weighted by Crippen LogP contribution is 2.28. The number of carbonyl (C=O) groups excluding carboxylic acids is 1. The molecule has 1 amide bonds. The minimum Gasteiger partial charge on any atom is -0.493 e. The summed E-state index contributed by atoms with van der Waals surface area (Å²) in [6.07, 6.45) is 2.92. The van der Waals surface area contributed by atoms with Gasteiger partial charge in [-0.15, -0.1) is 0 Å². The number of rotatable bonds is 8. The molecule has 0 aliphatic carbocycles. The number of nitrogens with one attached hydrogen (secondary N) is 3. The number of carbonyl (C=O) groups is 1. The van der Waals surface area contributed by atoms with Crippen LogP contribution in [-0.4, -0.2) is 44.3 Å². The summed E-state index contributed by atoms with van der Waals surface area (Å²) < 4.78 is 15.8. The second-order valence-corrected chi connectivity index (χ2v) is 8.10. The molecule has 2 rings (SSSR count). The van der Waals surface area contributed by atoms with Gasteiger partial charge in [0.15, 0.2) is 17.7 Å². The Balaban J connectivity index is 2.24. The van der Waals surface area contributed by atoms with Crippen molar-refractivity contribution in [2.24, 2.45) is 10.4 Å². The number of guanidine groups is 1. The Morgan fingerprint density at radius 1 is 1.15 bits per heavy atom. The summed E-state index contributed by atoms with van der Waals surface area (Å²) in [4.78, 5) is 21.5. The topological polar surface area (TPSA) is 130 Å². The second kappa shape index (κ2) is 11.6. The molecule has 176 valence electrons. The first-order valence-corrected chi connectivity index (χ1v) is 10.2. The molecule has 2 aromatic rings. The molecule has 3 N–H and O–H groups in total. The van der Waals surface area contributed by atoms with E-state index in [0.717, 1.165) is 5.56 Å². The molecule has 10 nitrogen and oxygen atoms in total. The predicted molar refractivity (Wildman–Crippen MR) is 125 cm³/mol. The van der Waals surface area contributed by atoms with Crippen molar-refractivity contribution in [1.82, 2.24) is 15.6 Å². The summed E-state index contributed by atoms with van der Waals surface area (Å²) in [6, 6.07) is 8.77. The Labute approximate surface area is 194 Å². The lowest BCUT2D eigenvalue weighted by Gasteiger charge is -2.29. The molecule has 0 saturated heterocycles. The van der Waals surface area contributed by atoms with Gasteiger partial charge >= 0.3 is 0 Å². The molecule has 1 aromatic carbocycles. The van der Waals surface area contributed by atoms with Crippen LogP contribution in [0.2, 0.25) is 0 Å². The van der Waals surface area contributed by atoms with Crippen LogP contribution < -0.4 is 30.2 Å². The van der Waals surface area contributed by atoms with E-state index >= 15 is 0 Å². The van der Waals surface area contributed by atoms with Crippen LogP contribution in [0.1, 0.15) is 26.3 Å². The molecule has 0 saturated carbocycles. The summed E-state index contributed by atoms with van der Waals surface area (Å²) in [5.41, 5.74) is 0.831. The molecule has 0 radical (unpaired) electrons. The van der Waals surface area contributed by atoms with E-state index in [9.17, 15) is 10.1 Å². The predicted octanol–water partition coefficient (Wildman–Crippen LogP) is 2.68. The first-order chi connectivity index (χ1) is 15.7. The highest BCUT2D eigenvalue weighted by atomic mass is 16.5. The second-order valence-electron chi connectivity index (χ2n) is 8.10. The summed E-state index contributed by atoms with van der Waals surface area (Å²) in [7, 11) is 4.59. The molecular formula is C23H30N6O4. The molecule has 1 unspecified atom stereocenters. The number of methoxy groups -OCH3 is 3. The fraction of sp³-hybridized carbons (Fsp3) is 0.391. The van der Waals surface area contributed by atoms with Gasteiger partial charge in [0, 0.05) is 11.6 Å². The van der Waals surface area contributed by atoms with Crippen LogP contribution in [0, 0.1) is 16.9 Å². The van der Waals surface area contributed by atoms with E-state index in [2.05, 4.69) is 25.9 Å². The zero-order valence-corrected chi connectivity index (χ0v) is 19.7. The standard InChI is InChI=1S/C23H30N6O4/c1-23(2,3)21(28-19(30)13-15-9-10-17(31-4)18(12-15)32-5)29-22(26-14-24)27-16-8-7-11-25-20(16)33-6/h7-12,21H,13H2,1-6H3,(H,28,30)(H2,26,27,29). The summed E-state index contributed by atoms with van der Waals surface area (Å²) in [5, 5.41) is 17.6. The minimum atomic E-state index is -0.642. The molecule has 0 fully saturated rings. The Morgan fingerprint density at radius 2 is 1.88 bits per heavy atom. The molecule has 0 aliphatic heterocycles. The number of amides is 1. The third-order valence-corrected chi connectivity index (χ3v) is 4.58. The van der Waals surface area contributed by atoms with Crippen molar-refractivity contribution in [3.05, 3.63) is 42.1 Å². The smallest absolute Gasteiger partial charge is 0.237 e. The third-order valence-electron chi connectivity index (χ3n) is 4.58. The maximum atomic E-state index is 12.8. The van der Waals surface area contributed by atoms with Gasteiger partial charge in [0.2, 0.25) is 17.7 Å². The summed E-state index contributed by atoms with van der Waals surface area (Å²) >= 11 is 0. The molecule has 33 heavy (non-hydrogen) atoms. The van der Waals surface area contributed by atoms with Gasteiger partial charge < -0.3 is 24.8 Å². The number of anilines is 1. The quantitative estimate of drug-likeness (QED) is 0.240. The zero-order chi connectivity index (χ0) is 24.4. The van der Waals surface area contributed by atoms with E-state index in [0.29, 0.717) is 23.1 Å². The van der Waals surface area contributed by atoms with Gasteiger partial charge in [-0.2, -0.15) is 5.26 Å². The van der Waals surface area contributed by atoms with Gasteiger partial charge in [-0.25, -0.2) is 9.98 Å². The highest BCUT2D eigenvalue weighted by molar-refractivity contribution is 5.95. The van der Waals surface area contributed by atoms with Gasteiger partial charge in [0.25, 0.3) is 0 Å². The maximum Gasteiger partial charge on any atom is 0.237 e. The number of pyridine rings is 1. The average Bonchev–Trinajstić information content (AvgIpc) is 2.78. The monoisotopic (exact) mass is 454 g/mol.